The first-order valence-corrected chi connectivity index (χ1v) is 7.33. The van der Waals surface area contributed by atoms with Crippen LogP contribution < -0.4 is 0 Å². The first kappa shape index (κ1) is 13.1. The minimum atomic E-state index is 0.290. The maximum absolute atomic E-state index is 5.84. The quantitative estimate of drug-likeness (QED) is 0.791. The largest absolute Gasteiger partial charge is 0.420 e. The van der Waals surface area contributed by atoms with Crippen LogP contribution in [0, 0.1) is 0 Å². The molecule has 7 heteroatoms. The van der Waals surface area contributed by atoms with Crippen LogP contribution in [0.4, 0.5) is 0 Å². The molecule has 4 rings (SSSR count). The number of hydrogen-bond donors (Lipinski definition) is 1. The maximum atomic E-state index is 5.84. The van der Waals surface area contributed by atoms with E-state index in [0.29, 0.717) is 11.8 Å². The van der Waals surface area contributed by atoms with Gasteiger partial charge in [-0.05, 0) is 25.1 Å². The van der Waals surface area contributed by atoms with E-state index in [1.807, 2.05) is 18.3 Å². The van der Waals surface area contributed by atoms with E-state index < -0.39 is 0 Å². The Morgan fingerprint density at radius 2 is 2.14 bits per heavy atom. The van der Waals surface area contributed by atoms with Gasteiger partial charge in [0.1, 0.15) is 5.82 Å². The molecular weight excluding hydrogens is 280 g/mol. The van der Waals surface area contributed by atoms with Crippen molar-refractivity contribution >= 4 is 0 Å². The van der Waals surface area contributed by atoms with E-state index in [-0.39, 0.29) is 5.92 Å². The predicted molar refractivity (Wildman–Crippen MR) is 78.8 cm³/mol. The van der Waals surface area contributed by atoms with Gasteiger partial charge in [0, 0.05) is 36.9 Å². The summed E-state index contributed by atoms with van der Waals surface area (Å²) in [6.45, 7) is 2.76. The highest BCUT2D eigenvalue weighted by Crippen LogP contribution is 2.28. The third-order valence-corrected chi connectivity index (χ3v) is 3.92. The first-order valence-electron chi connectivity index (χ1n) is 7.33. The van der Waals surface area contributed by atoms with Gasteiger partial charge in [-0.15, -0.1) is 10.2 Å². The van der Waals surface area contributed by atoms with Crippen molar-refractivity contribution in [3.05, 3.63) is 48.6 Å². The number of imidazole rings is 1. The van der Waals surface area contributed by atoms with E-state index in [2.05, 4.69) is 30.0 Å². The lowest BCUT2D eigenvalue weighted by Crippen LogP contribution is -2.20. The van der Waals surface area contributed by atoms with E-state index in [9.17, 15) is 0 Å². The van der Waals surface area contributed by atoms with Crippen LogP contribution >= 0.6 is 0 Å². The zero-order chi connectivity index (χ0) is 14.8. The Morgan fingerprint density at radius 1 is 1.23 bits per heavy atom. The first-order chi connectivity index (χ1) is 10.9. The molecule has 0 amide bonds. The highest BCUT2D eigenvalue weighted by molar-refractivity contribution is 5.50. The van der Waals surface area contributed by atoms with Crippen molar-refractivity contribution in [2.24, 2.45) is 0 Å². The van der Waals surface area contributed by atoms with Crippen LogP contribution in [-0.4, -0.2) is 43.1 Å². The standard InChI is InChI=1S/C15H16N6O/c1-4-16-5-2-11(1)14-19-20-15(22-14)12-3-8-21(9-12)10-13-17-6-7-18-13/h1-2,4-7,12H,3,8-10H2,(H,17,18)/t12-/m0/s1. The summed E-state index contributed by atoms with van der Waals surface area (Å²) in [6.07, 6.45) is 8.10. The second kappa shape index (κ2) is 5.69. The van der Waals surface area contributed by atoms with Crippen molar-refractivity contribution in [3.8, 4) is 11.5 Å². The Bertz CT molecular complexity index is 724. The normalized spacial score (nSPS) is 18.8. The molecule has 1 fully saturated rings. The summed E-state index contributed by atoms with van der Waals surface area (Å²) in [7, 11) is 0. The van der Waals surface area contributed by atoms with Crippen LogP contribution in [0.2, 0.25) is 0 Å². The number of nitrogens with one attached hydrogen (secondary N) is 1. The van der Waals surface area contributed by atoms with Gasteiger partial charge >= 0.3 is 0 Å². The summed E-state index contributed by atoms with van der Waals surface area (Å²) in [5.41, 5.74) is 0.902. The summed E-state index contributed by atoms with van der Waals surface area (Å²) >= 11 is 0. The summed E-state index contributed by atoms with van der Waals surface area (Å²) < 4.78 is 5.84. The molecular formula is C15H16N6O. The lowest BCUT2D eigenvalue weighted by atomic mass is 10.1. The molecule has 1 N–H and O–H groups in total. The molecule has 0 unspecified atom stereocenters. The smallest absolute Gasteiger partial charge is 0.247 e. The predicted octanol–water partition coefficient (Wildman–Crippen LogP) is 1.84. The van der Waals surface area contributed by atoms with E-state index in [0.717, 1.165) is 37.4 Å². The molecule has 3 aromatic heterocycles. The molecule has 1 aliphatic heterocycles. The third-order valence-electron chi connectivity index (χ3n) is 3.92. The highest BCUT2D eigenvalue weighted by Gasteiger charge is 2.28. The van der Waals surface area contributed by atoms with Crippen LogP contribution in [-0.2, 0) is 6.54 Å². The molecule has 0 bridgehead atoms. The second-order valence-electron chi connectivity index (χ2n) is 5.44. The maximum Gasteiger partial charge on any atom is 0.247 e. The van der Waals surface area contributed by atoms with Gasteiger partial charge in [-0.1, -0.05) is 0 Å². The number of H-pyrrole nitrogens is 1. The molecule has 1 saturated heterocycles. The topological polar surface area (TPSA) is 83.7 Å². The Balaban J connectivity index is 1.44. The number of hydrogen-bond acceptors (Lipinski definition) is 6. The minimum Gasteiger partial charge on any atom is -0.420 e. The Morgan fingerprint density at radius 3 is 2.95 bits per heavy atom. The SMILES string of the molecule is c1cc(-c2nnc([C@H]3CCN(Cc4ncc[nH]4)C3)o2)ccn1. The van der Waals surface area contributed by atoms with Crippen molar-refractivity contribution < 1.29 is 4.42 Å². The monoisotopic (exact) mass is 296 g/mol. The lowest BCUT2D eigenvalue weighted by molar-refractivity contribution is 0.313. The third kappa shape index (κ3) is 2.62. The summed E-state index contributed by atoms with van der Waals surface area (Å²) in [5.74, 6) is 2.55. The molecule has 3 aromatic rings. The van der Waals surface area contributed by atoms with Gasteiger partial charge < -0.3 is 9.40 Å². The molecule has 0 aromatic carbocycles. The molecule has 1 atom stereocenters. The molecule has 0 aliphatic carbocycles. The highest BCUT2D eigenvalue weighted by atomic mass is 16.4. The molecule has 7 nitrogen and oxygen atoms in total. The van der Waals surface area contributed by atoms with Gasteiger partial charge in [-0.3, -0.25) is 9.88 Å². The van der Waals surface area contributed by atoms with Crippen molar-refractivity contribution in [1.82, 2.24) is 30.0 Å². The number of rotatable bonds is 4. The fourth-order valence-corrected chi connectivity index (χ4v) is 2.78. The Labute approximate surface area is 127 Å². The molecule has 112 valence electrons. The van der Waals surface area contributed by atoms with E-state index in [1.54, 1.807) is 18.6 Å². The van der Waals surface area contributed by atoms with Crippen LogP contribution in [0.3, 0.4) is 0 Å². The molecule has 0 saturated carbocycles. The summed E-state index contributed by atoms with van der Waals surface area (Å²) in [6, 6.07) is 3.74. The van der Waals surface area contributed by atoms with Gasteiger partial charge in [0.25, 0.3) is 0 Å². The number of likely N-dealkylation sites (tertiary alicyclic amines) is 1. The summed E-state index contributed by atoms with van der Waals surface area (Å²) in [5, 5.41) is 8.37. The molecule has 4 heterocycles. The molecule has 0 spiro atoms. The minimum absolute atomic E-state index is 0.290. The zero-order valence-corrected chi connectivity index (χ0v) is 12.0. The van der Waals surface area contributed by atoms with E-state index in [4.69, 9.17) is 4.42 Å². The average molecular weight is 296 g/mol. The van der Waals surface area contributed by atoms with Gasteiger partial charge in [0.2, 0.25) is 11.8 Å². The van der Waals surface area contributed by atoms with E-state index in [1.165, 1.54) is 0 Å². The molecule has 0 radical (unpaired) electrons. The van der Waals surface area contributed by atoms with Crippen molar-refractivity contribution in [2.45, 2.75) is 18.9 Å². The van der Waals surface area contributed by atoms with Gasteiger partial charge in [0.05, 0.1) is 12.5 Å². The summed E-state index contributed by atoms with van der Waals surface area (Å²) in [4.78, 5) is 13.7. The van der Waals surface area contributed by atoms with Crippen LogP contribution in [0.25, 0.3) is 11.5 Å². The Kier molecular flexibility index (Phi) is 3.40. The number of nitrogens with zero attached hydrogens (tertiary/aromatic N) is 5. The van der Waals surface area contributed by atoms with Gasteiger partial charge in [-0.2, -0.15) is 0 Å². The van der Waals surface area contributed by atoms with Gasteiger partial charge in [-0.25, -0.2) is 4.98 Å². The average Bonchev–Trinajstić information content (AvgIpc) is 3.30. The zero-order valence-electron chi connectivity index (χ0n) is 12.0. The number of aromatic nitrogens is 5. The van der Waals surface area contributed by atoms with Crippen LogP contribution in [0.15, 0.2) is 41.3 Å². The van der Waals surface area contributed by atoms with Crippen LogP contribution in [0.5, 0.6) is 0 Å². The fourth-order valence-electron chi connectivity index (χ4n) is 2.78. The molecule has 22 heavy (non-hydrogen) atoms. The second-order valence-corrected chi connectivity index (χ2v) is 5.44. The number of aromatic amines is 1. The fraction of sp³-hybridized carbons (Fsp3) is 0.333. The van der Waals surface area contributed by atoms with E-state index >= 15 is 0 Å². The lowest BCUT2D eigenvalue weighted by Gasteiger charge is -2.12. The van der Waals surface area contributed by atoms with Crippen molar-refractivity contribution in [1.29, 1.82) is 0 Å². The van der Waals surface area contributed by atoms with Crippen molar-refractivity contribution in [2.75, 3.05) is 13.1 Å². The number of pyridine rings is 1. The Hall–Kier alpha value is -2.54. The van der Waals surface area contributed by atoms with Gasteiger partial charge in [0.15, 0.2) is 0 Å². The molecule has 1 aliphatic rings. The van der Waals surface area contributed by atoms with Crippen LogP contribution in [0.1, 0.15) is 24.1 Å². The van der Waals surface area contributed by atoms with Crippen molar-refractivity contribution in [3.63, 3.8) is 0 Å².